The predicted molar refractivity (Wildman–Crippen MR) is 135 cm³/mol. The van der Waals surface area contributed by atoms with Crippen LogP contribution in [0.1, 0.15) is 36.5 Å². The van der Waals surface area contributed by atoms with Gasteiger partial charge in [0.1, 0.15) is 5.92 Å². The average molecular weight is 544 g/mol. The largest absolute Gasteiger partial charge is 0.463 e. The Morgan fingerprint density at radius 3 is 2.47 bits per heavy atom. The lowest BCUT2D eigenvalue weighted by Gasteiger charge is -2.40. The van der Waals surface area contributed by atoms with Gasteiger partial charge in [-0.25, -0.2) is 4.79 Å². The number of nitrogens with zero attached hydrogens (tertiary/aromatic N) is 3. The van der Waals surface area contributed by atoms with E-state index in [4.69, 9.17) is 4.74 Å². The standard InChI is InChI=1S/C27H24F3N3O4S/c1-3-37-26(36)21-16(2)33(20-6-4-5-19(13-20)27(28,29)30)25(35)23(24(34)32-11-12-38-15-32)22(21)18-9-7-17(14-31)8-10-18/h4-10,13,22-23H,3,11-12,15H2,1-2H3. The Kier molecular flexibility index (Phi) is 7.83. The molecule has 2 amide bonds. The molecule has 0 N–H and O–H groups in total. The lowest BCUT2D eigenvalue weighted by Crippen LogP contribution is -2.51. The van der Waals surface area contributed by atoms with E-state index >= 15 is 0 Å². The third-order valence-electron chi connectivity index (χ3n) is 6.51. The van der Waals surface area contributed by atoms with Crippen molar-refractivity contribution in [3.63, 3.8) is 0 Å². The van der Waals surface area contributed by atoms with E-state index in [1.165, 1.54) is 47.9 Å². The number of rotatable bonds is 5. The highest BCUT2D eigenvalue weighted by Gasteiger charge is 2.50. The number of carbonyl (C=O) groups excluding carboxylic acids is 3. The van der Waals surface area contributed by atoms with Gasteiger partial charge in [0, 0.05) is 29.6 Å². The summed E-state index contributed by atoms with van der Waals surface area (Å²) in [4.78, 5) is 43.7. The molecule has 38 heavy (non-hydrogen) atoms. The fraction of sp³-hybridized carbons (Fsp3) is 0.333. The van der Waals surface area contributed by atoms with Crippen molar-refractivity contribution in [2.45, 2.75) is 25.9 Å². The minimum absolute atomic E-state index is 0.00114. The molecule has 2 aromatic carbocycles. The van der Waals surface area contributed by atoms with Crippen molar-refractivity contribution in [1.29, 1.82) is 5.26 Å². The third-order valence-corrected chi connectivity index (χ3v) is 7.48. The van der Waals surface area contributed by atoms with Crippen LogP contribution in [-0.2, 0) is 25.3 Å². The number of ether oxygens (including phenoxy) is 1. The maximum absolute atomic E-state index is 14.1. The molecule has 11 heteroatoms. The van der Waals surface area contributed by atoms with E-state index < -0.39 is 41.4 Å². The summed E-state index contributed by atoms with van der Waals surface area (Å²) in [5.41, 5.74) is -0.231. The first-order chi connectivity index (χ1) is 18.1. The zero-order valence-corrected chi connectivity index (χ0v) is 21.4. The highest BCUT2D eigenvalue weighted by Crippen LogP contribution is 2.44. The van der Waals surface area contributed by atoms with Crippen LogP contribution in [0.4, 0.5) is 18.9 Å². The molecule has 0 spiro atoms. The molecule has 0 radical (unpaired) electrons. The summed E-state index contributed by atoms with van der Waals surface area (Å²) >= 11 is 1.51. The average Bonchev–Trinajstić information content (AvgIpc) is 3.43. The number of alkyl halides is 3. The molecule has 2 aliphatic heterocycles. The quantitative estimate of drug-likeness (QED) is 0.401. The summed E-state index contributed by atoms with van der Waals surface area (Å²) in [6.45, 7) is 3.46. The summed E-state index contributed by atoms with van der Waals surface area (Å²) in [7, 11) is 0. The van der Waals surface area contributed by atoms with Gasteiger partial charge in [0.05, 0.1) is 35.3 Å². The second-order valence-corrected chi connectivity index (χ2v) is 9.84. The molecule has 4 rings (SSSR count). The Morgan fingerprint density at radius 2 is 1.89 bits per heavy atom. The van der Waals surface area contributed by atoms with E-state index in [0.29, 0.717) is 29.3 Å². The zero-order chi connectivity index (χ0) is 27.6. The van der Waals surface area contributed by atoms with Gasteiger partial charge in [-0.2, -0.15) is 18.4 Å². The van der Waals surface area contributed by atoms with Crippen LogP contribution in [0.15, 0.2) is 59.8 Å². The molecule has 198 valence electrons. The Bertz CT molecular complexity index is 1330. The van der Waals surface area contributed by atoms with Gasteiger partial charge in [0.2, 0.25) is 11.8 Å². The molecule has 2 heterocycles. The first-order valence-electron chi connectivity index (χ1n) is 11.8. The Hall–Kier alpha value is -3.78. The van der Waals surface area contributed by atoms with Gasteiger partial charge >= 0.3 is 12.1 Å². The van der Waals surface area contributed by atoms with Crippen LogP contribution >= 0.6 is 11.8 Å². The zero-order valence-electron chi connectivity index (χ0n) is 20.6. The molecule has 0 aromatic heterocycles. The first-order valence-corrected chi connectivity index (χ1v) is 13.0. The van der Waals surface area contributed by atoms with Crippen molar-refractivity contribution in [3.05, 3.63) is 76.5 Å². The number of benzene rings is 2. The number of hydrogen-bond donors (Lipinski definition) is 0. The molecule has 1 fully saturated rings. The van der Waals surface area contributed by atoms with Crippen LogP contribution in [0, 0.1) is 17.2 Å². The topological polar surface area (TPSA) is 90.7 Å². The molecule has 2 aliphatic rings. The Labute approximate surface area is 221 Å². The molecule has 1 saturated heterocycles. The van der Waals surface area contributed by atoms with Crippen LogP contribution in [-0.4, -0.2) is 47.5 Å². The lowest BCUT2D eigenvalue weighted by molar-refractivity contribution is -0.143. The molecule has 0 aliphatic carbocycles. The maximum Gasteiger partial charge on any atom is 0.416 e. The number of nitriles is 1. The van der Waals surface area contributed by atoms with Crippen LogP contribution in [0.2, 0.25) is 0 Å². The number of halogens is 3. The van der Waals surface area contributed by atoms with E-state index in [9.17, 15) is 32.8 Å². The SMILES string of the molecule is CCOC(=O)C1=C(C)N(c2cccc(C(F)(F)F)c2)C(=O)C(C(=O)N2CCSC2)C1c1ccc(C#N)cc1. The van der Waals surface area contributed by atoms with E-state index in [1.54, 1.807) is 19.1 Å². The number of amides is 2. The third kappa shape index (κ3) is 5.13. The van der Waals surface area contributed by atoms with Crippen molar-refractivity contribution in [2.75, 3.05) is 29.7 Å². The normalized spacial score (nSPS) is 19.9. The highest BCUT2D eigenvalue weighted by molar-refractivity contribution is 7.99. The maximum atomic E-state index is 14.1. The smallest absolute Gasteiger partial charge is 0.416 e. The van der Waals surface area contributed by atoms with Gasteiger partial charge in [-0.3, -0.25) is 14.5 Å². The molecular formula is C27H24F3N3O4S. The van der Waals surface area contributed by atoms with Crippen molar-refractivity contribution in [2.24, 2.45) is 5.92 Å². The number of hydrogen-bond acceptors (Lipinski definition) is 6. The second kappa shape index (κ2) is 10.9. The van der Waals surface area contributed by atoms with Gasteiger partial charge in [0.15, 0.2) is 0 Å². The molecule has 2 unspecified atom stereocenters. The number of allylic oxidation sites excluding steroid dienone is 1. The van der Waals surface area contributed by atoms with Crippen molar-refractivity contribution in [3.8, 4) is 6.07 Å². The molecule has 7 nitrogen and oxygen atoms in total. The Morgan fingerprint density at radius 1 is 1.18 bits per heavy atom. The van der Waals surface area contributed by atoms with Gasteiger partial charge in [-0.15, -0.1) is 11.8 Å². The fourth-order valence-electron chi connectivity index (χ4n) is 4.74. The van der Waals surface area contributed by atoms with Gasteiger partial charge in [-0.1, -0.05) is 18.2 Å². The summed E-state index contributed by atoms with van der Waals surface area (Å²) in [5, 5.41) is 9.22. The van der Waals surface area contributed by atoms with Gasteiger partial charge in [0.25, 0.3) is 0 Å². The highest BCUT2D eigenvalue weighted by atomic mass is 32.2. The molecule has 0 bridgehead atoms. The minimum Gasteiger partial charge on any atom is -0.463 e. The number of esters is 1. The van der Waals surface area contributed by atoms with Gasteiger partial charge < -0.3 is 9.64 Å². The second-order valence-electron chi connectivity index (χ2n) is 8.77. The minimum atomic E-state index is -4.66. The number of carbonyl (C=O) groups is 3. The van der Waals surface area contributed by atoms with E-state index in [2.05, 4.69) is 0 Å². The van der Waals surface area contributed by atoms with Crippen molar-refractivity contribution < 1.29 is 32.3 Å². The lowest BCUT2D eigenvalue weighted by atomic mass is 9.75. The van der Waals surface area contributed by atoms with E-state index in [1.807, 2.05) is 6.07 Å². The van der Waals surface area contributed by atoms with E-state index in [-0.39, 0.29) is 23.6 Å². The molecule has 2 atom stereocenters. The Balaban J connectivity index is 1.96. The van der Waals surface area contributed by atoms with Crippen LogP contribution in [0.5, 0.6) is 0 Å². The number of anilines is 1. The predicted octanol–water partition coefficient (Wildman–Crippen LogP) is 4.69. The molecular weight excluding hydrogens is 519 g/mol. The first kappa shape index (κ1) is 27.3. The van der Waals surface area contributed by atoms with Gasteiger partial charge in [-0.05, 0) is 49.7 Å². The fourth-order valence-corrected chi connectivity index (χ4v) is 5.70. The summed E-state index contributed by atoms with van der Waals surface area (Å²) in [5.74, 6) is -3.52. The van der Waals surface area contributed by atoms with Crippen LogP contribution in [0.3, 0.4) is 0 Å². The molecule has 0 saturated carbocycles. The molecule has 2 aromatic rings. The summed E-state index contributed by atoms with van der Waals surface area (Å²) in [6.07, 6.45) is -4.66. The number of thioether (sulfide) groups is 1. The van der Waals surface area contributed by atoms with Crippen LogP contribution in [0.25, 0.3) is 0 Å². The van der Waals surface area contributed by atoms with Crippen LogP contribution < -0.4 is 4.90 Å². The monoisotopic (exact) mass is 543 g/mol. The summed E-state index contributed by atoms with van der Waals surface area (Å²) in [6, 6.07) is 12.4. The van der Waals surface area contributed by atoms with Crippen molar-refractivity contribution >= 4 is 35.2 Å². The summed E-state index contributed by atoms with van der Waals surface area (Å²) < 4.78 is 45.8. The van der Waals surface area contributed by atoms with Crippen molar-refractivity contribution in [1.82, 2.24) is 4.90 Å². The van der Waals surface area contributed by atoms with E-state index in [0.717, 1.165) is 17.0 Å².